The summed E-state index contributed by atoms with van der Waals surface area (Å²) < 4.78 is 19.2. The van der Waals surface area contributed by atoms with E-state index in [2.05, 4.69) is 36.1 Å². The maximum atomic E-state index is 14.2. The number of aliphatic hydroxyl groups is 1. The molecule has 44 heavy (non-hydrogen) atoms. The zero-order valence-electron chi connectivity index (χ0n) is 26.2. The summed E-state index contributed by atoms with van der Waals surface area (Å²) in [7, 11) is 0. The van der Waals surface area contributed by atoms with Gasteiger partial charge in [-0.25, -0.2) is 0 Å². The predicted molar refractivity (Wildman–Crippen MR) is 165 cm³/mol. The topological polar surface area (TPSA) is 85.3 Å². The largest absolute Gasteiger partial charge is 0.465 e. The van der Waals surface area contributed by atoms with Gasteiger partial charge in [0.15, 0.2) is 0 Å². The van der Waals surface area contributed by atoms with E-state index < -0.39 is 21.8 Å². The Hall–Kier alpha value is -2.58. The van der Waals surface area contributed by atoms with E-state index in [1.54, 1.807) is 0 Å². The molecule has 0 aromatic heterocycles. The number of carbonyl (C=O) groups is 2. The quantitative estimate of drug-likeness (QED) is 0.349. The van der Waals surface area contributed by atoms with Crippen molar-refractivity contribution in [2.45, 2.75) is 89.8 Å². The van der Waals surface area contributed by atoms with E-state index in [4.69, 9.17) is 14.2 Å². The number of hydrogen-bond acceptors (Lipinski definition) is 7. The molecule has 5 fully saturated rings. The standard InChI is InChI=1S/C37H47NO6/c1-3-38-25-34(33(40)43-4-2)18-11-19-36-28-16-17-29(39)31(28)35(32(36)38,20-21-37(34,36)41)30(44-23-27-14-9-6-10-15-27)24-42-22-26-12-7-5-8-13-26/h5-10,12-15,28,30-32,41H,3-4,11,16-25H2,1-2H3/t28-,30?,31-,32?,34+,35+,36+,37+/m1/s1. The second kappa shape index (κ2) is 11.3. The Balaban J connectivity index is 1.33. The number of ether oxygens (including phenoxy) is 3. The number of piperidine rings is 1. The fourth-order valence-electron chi connectivity index (χ4n) is 11.2. The smallest absolute Gasteiger partial charge is 0.316 e. The lowest BCUT2D eigenvalue weighted by Crippen LogP contribution is -2.82. The monoisotopic (exact) mass is 601 g/mol. The van der Waals surface area contributed by atoms with Gasteiger partial charge in [-0.3, -0.25) is 14.5 Å². The maximum absolute atomic E-state index is 14.2. The first-order chi connectivity index (χ1) is 21.4. The van der Waals surface area contributed by atoms with Crippen molar-refractivity contribution < 1.29 is 28.9 Å². The Labute approximate surface area is 261 Å². The van der Waals surface area contributed by atoms with Crippen LogP contribution in [-0.4, -0.2) is 65.8 Å². The summed E-state index contributed by atoms with van der Waals surface area (Å²) in [6, 6.07) is 20.3. The van der Waals surface area contributed by atoms with Crippen LogP contribution in [0.5, 0.6) is 0 Å². The van der Waals surface area contributed by atoms with Gasteiger partial charge in [0.2, 0.25) is 0 Å². The predicted octanol–water partition coefficient (Wildman–Crippen LogP) is 5.33. The molecule has 7 rings (SSSR count). The van der Waals surface area contributed by atoms with Crippen LogP contribution < -0.4 is 0 Å². The Bertz CT molecular complexity index is 1370. The molecule has 4 aliphatic carbocycles. The highest BCUT2D eigenvalue weighted by molar-refractivity contribution is 5.87. The number of ketones is 1. The number of benzene rings is 2. The summed E-state index contributed by atoms with van der Waals surface area (Å²) in [5.41, 5.74) is -1.11. The van der Waals surface area contributed by atoms with Crippen molar-refractivity contribution in [3.63, 3.8) is 0 Å². The van der Waals surface area contributed by atoms with Crippen LogP contribution >= 0.6 is 0 Å². The highest BCUT2D eigenvalue weighted by atomic mass is 16.5. The van der Waals surface area contributed by atoms with Crippen molar-refractivity contribution in [3.05, 3.63) is 71.8 Å². The molecule has 2 aromatic rings. The van der Waals surface area contributed by atoms with Gasteiger partial charge in [0.1, 0.15) is 11.2 Å². The molecule has 0 amide bonds. The lowest BCUT2D eigenvalue weighted by Gasteiger charge is -2.72. The van der Waals surface area contributed by atoms with Crippen LogP contribution in [0.15, 0.2) is 60.7 Å². The molecule has 1 spiro atoms. The zero-order chi connectivity index (χ0) is 30.6. The average Bonchev–Trinajstić information content (AvgIpc) is 3.51. The SMILES string of the molecule is CCOC(=O)[C@]12CCC[C@]34C(N(CC)C1)[C@](C(COCc1ccccc1)OCc1ccccc1)(CC[C@]23O)[C@H]1C(=O)CC[C@H]14. The molecule has 7 nitrogen and oxygen atoms in total. The lowest BCUT2D eigenvalue weighted by molar-refractivity contribution is -0.307. The Kier molecular flexibility index (Phi) is 7.76. The van der Waals surface area contributed by atoms with Gasteiger partial charge in [0.05, 0.1) is 38.1 Å². The Morgan fingerprint density at radius 3 is 2.36 bits per heavy atom. The van der Waals surface area contributed by atoms with Crippen LogP contribution in [0.4, 0.5) is 0 Å². The normalized spacial score (nSPS) is 37.9. The number of nitrogens with zero attached hydrogens (tertiary/aromatic N) is 1. The van der Waals surface area contributed by atoms with Crippen LogP contribution in [0.3, 0.4) is 0 Å². The third kappa shape index (κ3) is 4.01. The van der Waals surface area contributed by atoms with E-state index in [1.165, 1.54) is 0 Å². The summed E-state index contributed by atoms with van der Waals surface area (Å²) >= 11 is 0. The van der Waals surface area contributed by atoms with Crippen LogP contribution in [-0.2, 0) is 37.0 Å². The van der Waals surface area contributed by atoms with Gasteiger partial charge < -0.3 is 19.3 Å². The van der Waals surface area contributed by atoms with Crippen LogP contribution in [0.25, 0.3) is 0 Å². The van der Waals surface area contributed by atoms with Gasteiger partial charge in [-0.05, 0) is 62.6 Å². The van der Waals surface area contributed by atoms with Gasteiger partial charge in [-0.15, -0.1) is 0 Å². The fraction of sp³-hybridized carbons (Fsp3) is 0.622. The molecular formula is C37H47NO6. The summed E-state index contributed by atoms with van der Waals surface area (Å²) in [5.74, 6) is -0.190. The summed E-state index contributed by atoms with van der Waals surface area (Å²) in [4.78, 5) is 30.6. The van der Waals surface area contributed by atoms with Crippen molar-refractivity contribution in [3.8, 4) is 0 Å². The third-order valence-corrected chi connectivity index (χ3v) is 12.5. The molecular weight excluding hydrogens is 554 g/mol. The second-order valence-electron chi connectivity index (χ2n) is 14.0. The minimum atomic E-state index is -1.22. The van der Waals surface area contributed by atoms with Crippen molar-refractivity contribution >= 4 is 11.8 Å². The molecule has 5 bridgehead atoms. The van der Waals surface area contributed by atoms with Crippen molar-refractivity contribution in [2.75, 3.05) is 26.3 Å². The first-order valence-corrected chi connectivity index (χ1v) is 16.8. The molecule has 4 saturated carbocycles. The number of likely N-dealkylation sites (tertiary alicyclic amines) is 1. The second-order valence-corrected chi connectivity index (χ2v) is 14.0. The number of carbonyl (C=O) groups excluding carboxylic acids is 2. The van der Waals surface area contributed by atoms with E-state index in [0.717, 1.165) is 36.9 Å². The third-order valence-electron chi connectivity index (χ3n) is 12.5. The highest BCUT2D eigenvalue weighted by Crippen LogP contribution is 2.80. The first kappa shape index (κ1) is 30.1. The van der Waals surface area contributed by atoms with E-state index in [1.807, 2.05) is 43.3 Å². The Morgan fingerprint density at radius 1 is 0.977 bits per heavy atom. The molecule has 2 aromatic carbocycles. The average molecular weight is 602 g/mol. The van der Waals surface area contributed by atoms with Crippen LogP contribution in [0.1, 0.15) is 69.9 Å². The molecule has 1 aliphatic heterocycles. The molecule has 1 saturated heterocycles. The van der Waals surface area contributed by atoms with Crippen molar-refractivity contribution in [2.24, 2.45) is 28.1 Å². The minimum Gasteiger partial charge on any atom is -0.465 e. The van der Waals surface area contributed by atoms with Crippen LogP contribution in [0, 0.1) is 28.1 Å². The van der Waals surface area contributed by atoms with E-state index in [0.29, 0.717) is 64.4 Å². The number of fused-ring (bicyclic) bond motifs is 2. The molecule has 1 N–H and O–H groups in total. The molecule has 7 heteroatoms. The van der Waals surface area contributed by atoms with Gasteiger partial charge >= 0.3 is 5.97 Å². The van der Waals surface area contributed by atoms with Crippen molar-refractivity contribution in [1.82, 2.24) is 4.90 Å². The molecule has 5 aliphatic rings. The molecule has 0 radical (unpaired) electrons. The number of esters is 1. The van der Waals surface area contributed by atoms with Gasteiger partial charge in [-0.1, -0.05) is 74.0 Å². The van der Waals surface area contributed by atoms with E-state index in [-0.39, 0.29) is 30.0 Å². The number of rotatable bonds is 11. The molecule has 2 unspecified atom stereocenters. The maximum Gasteiger partial charge on any atom is 0.316 e. The number of hydrogen-bond donors (Lipinski definition) is 1. The first-order valence-electron chi connectivity index (χ1n) is 16.8. The lowest BCUT2D eigenvalue weighted by atomic mass is 9.40. The molecule has 236 valence electrons. The fourth-order valence-corrected chi connectivity index (χ4v) is 11.2. The highest BCUT2D eigenvalue weighted by Gasteiger charge is 2.87. The summed E-state index contributed by atoms with van der Waals surface area (Å²) in [5, 5.41) is 13.2. The van der Waals surface area contributed by atoms with Crippen molar-refractivity contribution in [1.29, 1.82) is 0 Å². The van der Waals surface area contributed by atoms with Gasteiger partial charge in [0, 0.05) is 35.8 Å². The van der Waals surface area contributed by atoms with E-state index in [9.17, 15) is 14.7 Å². The summed E-state index contributed by atoms with van der Waals surface area (Å²) in [6.07, 6.45) is 4.33. The molecule has 8 atom stereocenters. The minimum absolute atomic E-state index is 0.00731. The Morgan fingerprint density at radius 2 is 1.68 bits per heavy atom. The van der Waals surface area contributed by atoms with E-state index >= 15 is 0 Å². The number of Topliss-reactive ketones (excluding diaryl/α,β-unsaturated/α-hetero) is 1. The zero-order valence-corrected chi connectivity index (χ0v) is 26.2. The summed E-state index contributed by atoms with van der Waals surface area (Å²) in [6.45, 7) is 6.74. The molecule has 1 heterocycles. The van der Waals surface area contributed by atoms with Gasteiger partial charge in [-0.2, -0.15) is 0 Å². The van der Waals surface area contributed by atoms with Gasteiger partial charge in [0.25, 0.3) is 0 Å². The van der Waals surface area contributed by atoms with Crippen LogP contribution in [0.2, 0.25) is 0 Å².